The lowest BCUT2D eigenvalue weighted by molar-refractivity contribution is -0.170. The predicted octanol–water partition coefficient (Wildman–Crippen LogP) is 1.73. The Kier molecular flexibility index (Phi) is 3.58. The van der Waals surface area contributed by atoms with Gasteiger partial charge in [0, 0.05) is 25.2 Å². The maximum absolute atomic E-state index is 10.0. The van der Waals surface area contributed by atoms with Gasteiger partial charge in [0.05, 0.1) is 18.3 Å². The molecule has 20 heavy (non-hydrogen) atoms. The summed E-state index contributed by atoms with van der Waals surface area (Å²) in [6.45, 7) is 6.91. The Hall–Kier alpha value is -0.940. The molecule has 0 radical (unpaired) electrons. The fourth-order valence-electron chi connectivity index (χ4n) is 3.05. The number of hydrogen-bond donors (Lipinski definition) is 1. The summed E-state index contributed by atoms with van der Waals surface area (Å²) in [6.07, 6.45) is 0.884. The summed E-state index contributed by atoms with van der Waals surface area (Å²) >= 11 is 0. The van der Waals surface area contributed by atoms with Crippen LogP contribution in [0.5, 0.6) is 0 Å². The Balaban J connectivity index is 1.55. The third-order valence-electron chi connectivity index (χ3n) is 4.39. The molecule has 0 aromatic heterocycles. The van der Waals surface area contributed by atoms with Gasteiger partial charge in [0.2, 0.25) is 0 Å². The molecule has 2 aliphatic rings. The summed E-state index contributed by atoms with van der Waals surface area (Å²) in [5, 5.41) is 10.0. The summed E-state index contributed by atoms with van der Waals surface area (Å²) < 4.78 is 12.0. The van der Waals surface area contributed by atoms with E-state index in [1.165, 1.54) is 0 Å². The van der Waals surface area contributed by atoms with Crippen LogP contribution in [0.3, 0.4) is 0 Å². The zero-order valence-corrected chi connectivity index (χ0v) is 12.2. The van der Waals surface area contributed by atoms with Crippen LogP contribution in [0.4, 0.5) is 0 Å². The quantitative estimate of drug-likeness (QED) is 0.910. The molecule has 2 unspecified atom stereocenters. The monoisotopic (exact) mass is 277 g/mol. The van der Waals surface area contributed by atoms with Crippen molar-refractivity contribution >= 4 is 0 Å². The van der Waals surface area contributed by atoms with Crippen molar-refractivity contribution in [1.29, 1.82) is 0 Å². The zero-order chi connectivity index (χ0) is 14.2. The number of benzene rings is 1. The first-order valence-corrected chi connectivity index (χ1v) is 7.35. The molecular formula is C16H23NO3. The van der Waals surface area contributed by atoms with Gasteiger partial charge in [-0.2, -0.15) is 0 Å². The summed E-state index contributed by atoms with van der Waals surface area (Å²) in [4.78, 5) is 2.23. The van der Waals surface area contributed by atoms with Gasteiger partial charge in [-0.25, -0.2) is 0 Å². The van der Waals surface area contributed by atoms with E-state index in [0.717, 1.165) is 31.6 Å². The summed E-state index contributed by atoms with van der Waals surface area (Å²) in [5.74, 6) is -0.641. The Morgan fingerprint density at radius 2 is 2.00 bits per heavy atom. The molecule has 2 heterocycles. The normalized spacial score (nSPS) is 33.0. The van der Waals surface area contributed by atoms with Crippen LogP contribution < -0.4 is 0 Å². The van der Waals surface area contributed by atoms with Crippen molar-refractivity contribution in [2.45, 2.75) is 37.8 Å². The number of aliphatic hydroxyl groups is 1. The minimum absolute atomic E-state index is 0.0709. The first kappa shape index (κ1) is 14.0. The second kappa shape index (κ2) is 5.11. The highest BCUT2D eigenvalue weighted by Gasteiger charge is 2.44. The van der Waals surface area contributed by atoms with E-state index in [9.17, 15) is 5.11 Å². The molecule has 0 bridgehead atoms. The summed E-state index contributed by atoms with van der Waals surface area (Å²) in [5.41, 5.74) is 0.568. The minimum atomic E-state index is -0.641. The standard InChI is InChI=1S/C16H23NO3/c1-3-16(18)11-17(12-16)9-14-10-19-15(2,20-14)13-7-5-4-6-8-13/h4-8,14,18H,3,9-12H2,1-2H3. The SMILES string of the molecule is CCC1(O)CN(CC2COC(C)(c3ccccc3)O2)C1. The topological polar surface area (TPSA) is 41.9 Å². The molecule has 0 saturated carbocycles. The fourth-order valence-corrected chi connectivity index (χ4v) is 3.05. The van der Waals surface area contributed by atoms with Gasteiger partial charge in [-0.05, 0) is 13.3 Å². The number of likely N-dealkylation sites (tertiary alicyclic amines) is 1. The summed E-state index contributed by atoms with van der Waals surface area (Å²) in [6, 6.07) is 10.0. The highest BCUT2D eigenvalue weighted by atomic mass is 16.7. The van der Waals surface area contributed by atoms with Crippen molar-refractivity contribution in [1.82, 2.24) is 4.90 Å². The van der Waals surface area contributed by atoms with E-state index >= 15 is 0 Å². The molecular weight excluding hydrogens is 254 g/mol. The fraction of sp³-hybridized carbons (Fsp3) is 0.625. The Morgan fingerprint density at radius 3 is 2.65 bits per heavy atom. The molecule has 4 heteroatoms. The largest absolute Gasteiger partial charge is 0.387 e. The van der Waals surface area contributed by atoms with Gasteiger partial charge in [0.15, 0.2) is 5.79 Å². The van der Waals surface area contributed by atoms with Crippen molar-refractivity contribution in [3.05, 3.63) is 35.9 Å². The highest BCUT2D eigenvalue weighted by molar-refractivity contribution is 5.20. The second-order valence-corrected chi connectivity index (χ2v) is 6.11. The molecule has 2 saturated heterocycles. The number of ether oxygens (including phenoxy) is 2. The minimum Gasteiger partial charge on any atom is -0.387 e. The second-order valence-electron chi connectivity index (χ2n) is 6.11. The molecule has 1 aromatic carbocycles. The van der Waals surface area contributed by atoms with Crippen molar-refractivity contribution < 1.29 is 14.6 Å². The van der Waals surface area contributed by atoms with Crippen molar-refractivity contribution in [3.63, 3.8) is 0 Å². The van der Waals surface area contributed by atoms with Gasteiger partial charge in [0.25, 0.3) is 0 Å². The van der Waals surface area contributed by atoms with Crippen molar-refractivity contribution in [2.75, 3.05) is 26.2 Å². The van der Waals surface area contributed by atoms with Gasteiger partial charge in [-0.3, -0.25) is 4.90 Å². The van der Waals surface area contributed by atoms with E-state index in [1.807, 2.05) is 44.2 Å². The summed E-state index contributed by atoms with van der Waals surface area (Å²) in [7, 11) is 0. The van der Waals surface area contributed by atoms with Crippen LogP contribution in [0.2, 0.25) is 0 Å². The van der Waals surface area contributed by atoms with E-state index < -0.39 is 11.4 Å². The number of β-amino-alcohol motifs (C(OH)–C–C–N with tert-alkyl or cyclic N) is 1. The smallest absolute Gasteiger partial charge is 0.192 e. The van der Waals surface area contributed by atoms with Crippen LogP contribution in [0.25, 0.3) is 0 Å². The van der Waals surface area contributed by atoms with Crippen LogP contribution in [-0.4, -0.2) is 48.0 Å². The molecule has 3 rings (SSSR count). The first-order valence-electron chi connectivity index (χ1n) is 7.35. The zero-order valence-electron chi connectivity index (χ0n) is 12.2. The molecule has 110 valence electrons. The molecule has 2 atom stereocenters. The highest BCUT2D eigenvalue weighted by Crippen LogP contribution is 2.35. The Morgan fingerprint density at radius 1 is 1.30 bits per heavy atom. The lowest BCUT2D eigenvalue weighted by Gasteiger charge is -2.46. The average molecular weight is 277 g/mol. The molecule has 4 nitrogen and oxygen atoms in total. The lowest BCUT2D eigenvalue weighted by atomic mass is 9.91. The predicted molar refractivity (Wildman–Crippen MR) is 76.3 cm³/mol. The average Bonchev–Trinajstić information content (AvgIpc) is 2.81. The molecule has 1 N–H and O–H groups in total. The maximum Gasteiger partial charge on any atom is 0.192 e. The molecule has 1 aromatic rings. The van der Waals surface area contributed by atoms with Gasteiger partial charge in [-0.1, -0.05) is 37.3 Å². The molecule has 2 aliphatic heterocycles. The van der Waals surface area contributed by atoms with E-state index in [4.69, 9.17) is 9.47 Å². The van der Waals surface area contributed by atoms with E-state index in [0.29, 0.717) is 6.61 Å². The van der Waals surface area contributed by atoms with Crippen LogP contribution >= 0.6 is 0 Å². The van der Waals surface area contributed by atoms with E-state index in [1.54, 1.807) is 0 Å². The van der Waals surface area contributed by atoms with Gasteiger partial charge in [-0.15, -0.1) is 0 Å². The van der Waals surface area contributed by atoms with Crippen molar-refractivity contribution in [2.24, 2.45) is 0 Å². The van der Waals surface area contributed by atoms with Crippen LogP contribution in [0, 0.1) is 0 Å². The van der Waals surface area contributed by atoms with Crippen LogP contribution in [0.15, 0.2) is 30.3 Å². The third kappa shape index (κ3) is 2.61. The van der Waals surface area contributed by atoms with Gasteiger partial charge in [0.1, 0.15) is 0 Å². The lowest BCUT2D eigenvalue weighted by Crippen LogP contribution is -2.62. The van der Waals surface area contributed by atoms with Crippen LogP contribution in [-0.2, 0) is 15.3 Å². The maximum atomic E-state index is 10.0. The number of rotatable bonds is 4. The van der Waals surface area contributed by atoms with E-state index in [-0.39, 0.29) is 6.10 Å². The molecule has 0 aliphatic carbocycles. The Labute approximate surface area is 120 Å². The number of nitrogens with zero attached hydrogens (tertiary/aromatic N) is 1. The molecule has 2 fully saturated rings. The Bertz CT molecular complexity index is 458. The molecule has 0 amide bonds. The van der Waals surface area contributed by atoms with Crippen LogP contribution in [0.1, 0.15) is 25.8 Å². The van der Waals surface area contributed by atoms with Gasteiger partial charge < -0.3 is 14.6 Å². The number of hydrogen-bond acceptors (Lipinski definition) is 4. The molecule has 0 spiro atoms. The first-order chi connectivity index (χ1) is 9.53. The van der Waals surface area contributed by atoms with Crippen molar-refractivity contribution in [3.8, 4) is 0 Å². The van der Waals surface area contributed by atoms with Gasteiger partial charge >= 0.3 is 0 Å². The third-order valence-corrected chi connectivity index (χ3v) is 4.39. The van der Waals surface area contributed by atoms with E-state index in [2.05, 4.69) is 4.90 Å².